The lowest BCUT2D eigenvalue weighted by atomic mass is 10.1. The Bertz CT molecular complexity index is 807. The monoisotopic (exact) mass is 366 g/mol. The van der Waals surface area contributed by atoms with Gasteiger partial charge in [0.05, 0.1) is 0 Å². The summed E-state index contributed by atoms with van der Waals surface area (Å²) in [6, 6.07) is 14.6. The predicted octanol–water partition coefficient (Wildman–Crippen LogP) is 3.46. The van der Waals surface area contributed by atoms with Crippen molar-refractivity contribution in [1.29, 1.82) is 0 Å². The van der Waals surface area contributed by atoms with Crippen molar-refractivity contribution in [2.75, 3.05) is 30.8 Å². The molecule has 1 fully saturated rings. The number of hydrogen-bond donors (Lipinski definition) is 3. The van der Waals surface area contributed by atoms with Gasteiger partial charge in [0.1, 0.15) is 0 Å². The van der Waals surface area contributed by atoms with E-state index < -0.39 is 0 Å². The molecule has 27 heavy (non-hydrogen) atoms. The summed E-state index contributed by atoms with van der Waals surface area (Å²) in [6.07, 6.45) is 2.04. The molecule has 0 radical (unpaired) electrons. The van der Waals surface area contributed by atoms with Crippen molar-refractivity contribution in [1.82, 2.24) is 10.2 Å². The largest absolute Gasteiger partial charge is 0.334 e. The molecule has 0 bridgehead atoms. The smallest absolute Gasteiger partial charge is 0.323 e. The van der Waals surface area contributed by atoms with E-state index in [1.165, 1.54) is 0 Å². The van der Waals surface area contributed by atoms with Gasteiger partial charge < -0.3 is 20.9 Å². The van der Waals surface area contributed by atoms with Gasteiger partial charge in [0, 0.05) is 36.1 Å². The Kier molecular flexibility index (Phi) is 6.08. The Morgan fingerprint density at radius 2 is 1.89 bits per heavy atom. The van der Waals surface area contributed by atoms with Crippen molar-refractivity contribution in [3.8, 4) is 0 Å². The third-order valence-corrected chi connectivity index (χ3v) is 4.84. The van der Waals surface area contributed by atoms with Gasteiger partial charge in [-0.05, 0) is 56.6 Å². The predicted molar refractivity (Wildman–Crippen MR) is 108 cm³/mol. The van der Waals surface area contributed by atoms with Crippen LogP contribution in [0, 0.1) is 6.92 Å². The maximum Gasteiger partial charge on any atom is 0.323 e. The summed E-state index contributed by atoms with van der Waals surface area (Å²) in [6.45, 7) is 3.48. The number of para-hydroxylation sites is 1. The number of amides is 3. The van der Waals surface area contributed by atoms with Crippen LogP contribution < -0.4 is 16.0 Å². The molecule has 1 unspecified atom stereocenters. The molecule has 0 aliphatic carbocycles. The van der Waals surface area contributed by atoms with Crippen LogP contribution in [0.15, 0.2) is 48.5 Å². The molecule has 2 aromatic carbocycles. The lowest BCUT2D eigenvalue weighted by Crippen LogP contribution is -2.40. The number of benzene rings is 2. The number of hydrogen-bond acceptors (Lipinski definition) is 3. The molecule has 3 N–H and O–H groups in total. The second-order valence-corrected chi connectivity index (χ2v) is 6.83. The number of carbonyl (C=O) groups excluding carboxylic acids is 2. The molecule has 0 saturated carbocycles. The number of anilines is 2. The first-order chi connectivity index (χ1) is 13.1. The maximum atomic E-state index is 12.9. The Morgan fingerprint density at radius 1 is 1.11 bits per heavy atom. The zero-order chi connectivity index (χ0) is 19.2. The highest BCUT2D eigenvalue weighted by Gasteiger charge is 2.29. The quantitative estimate of drug-likeness (QED) is 0.759. The third-order valence-electron chi connectivity index (χ3n) is 4.84. The fourth-order valence-corrected chi connectivity index (χ4v) is 3.41. The molecule has 1 aliphatic rings. The zero-order valence-corrected chi connectivity index (χ0v) is 15.8. The fraction of sp³-hybridized carbons (Fsp3) is 0.333. The van der Waals surface area contributed by atoms with Gasteiger partial charge in [0.25, 0.3) is 5.91 Å². The van der Waals surface area contributed by atoms with E-state index in [0.717, 1.165) is 31.5 Å². The average molecular weight is 366 g/mol. The zero-order valence-electron chi connectivity index (χ0n) is 15.8. The summed E-state index contributed by atoms with van der Waals surface area (Å²) in [7, 11) is 1.90. The van der Waals surface area contributed by atoms with Crippen LogP contribution in [0.2, 0.25) is 0 Å². The van der Waals surface area contributed by atoms with Crippen LogP contribution in [0.3, 0.4) is 0 Å². The normalized spacial score (nSPS) is 16.2. The van der Waals surface area contributed by atoms with Crippen LogP contribution in [0.5, 0.6) is 0 Å². The number of urea groups is 1. The van der Waals surface area contributed by atoms with E-state index in [1.54, 1.807) is 6.07 Å². The standard InChI is InChI=1S/C21H26N4O2/c1-15-10-11-16(20(26)25-12-6-9-18(25)14-22-2)13-19(15)24-21(27)23-17-7-4-3-5-8-17/h3-5,7-8,10-11,13,18,22H,6,9,12,14H2,1-2H3,(H2,23,24,27). The summed E-state index contributed by atoms with van der Waals surface area (Å²) in [4.78, 5) is 27.2. The molecule has 3 rings (SSSR count). The molecule has 0 aromatic heterocycles. The highest BCUT2D eigenvalue weighted by atomic mass is 16.2. The number of rotatable bonds is 5. The first kappa shape index (κ1) is 18.9. The number of likely N-dealkylation sites (N-methyl/N-ethyl adjacent to an activating group) is 1. The molecule has 0 spiro atoms. The molecule has 1 heterocycles. The van der Waals surface area contributed by atoms with Gasteiger partial charge in [-0.25, -0.2) is 4.79 Å². The minimum Gasteiger partial charge on any atom is -0.334 e. The molecule has 2 aromatic rings. The van der Waals surface area contributed by atoms with Crippen LogP contribution in [-0.4, -0.2) is 43.0 Å². The molecule has 1 saturated heterocycles. The lowest BCUT2D eigenvalue weighted by molar-refractivity contribution is 0.0737. The van der Waals surface area contributed by atoms with E-state index in [1.807, 2.05) is 61.3 Å². The molecule has 1 atom stereocenters. The molecule has 6 heteroatoms. The Balaban J connectivity index is 1.72. The van der Waals surface area contributed by atoms with Crippen molar-refractivity contribution < 1.29 is 9.59 Å². The third kappa shape index (κ3) is 4.65. The van der Waals surface area contributed by atoms with Crippen LogP contribution in [-0.2, 0) is 0 Å². The topological polar surface area (TPSA) is 73.5 Å². The van der Waals surface area contributed by atoms with Crippen LogP contribution in [0.4, 0.5) is 16.2 Å². The van der Waals surface area contributed by atoms with Gasteiger partial charge in [0.15, 0.2) is 0 Å². The Labute approximate surface area is 159 Å². The highest BCUT2D eigenvalue weighted by molar-refractivity contribution is 6.02. The number of likely N-dealkylation sites (tertiary alicyclic amines) is 1. The summed E-state index contributed by atoms with van der Waals surface area (Å²) < 4.78 is 0. The van der Waals surface area contributed by atoms with E-state index >= 15 is 0 Å². The average Bonchev–Trinajstić information content (AvgIpc) is 3.12. The van der Waals surface area contributed by atoms with Crippen molar-refractivity contribution in [3.05, 3.63) is 59.7 Å². The molecule has 142 valence electrons. The molecule has 3 amide bonds. The molecular formula is C21H26N4O2. The van der Waals surface area contributed by atoms with E-state index in [4.69, 9.17) is 0 Å². The first-order valence-corrected chi connectivity index (χ1v) is 9.28. The number of aryl methyl sites for hydroxylation is 1. The summed E-state index contributed by atoms with van der Waals surface area (Å²) in [5.41, 5.74) is 2.85. The van der Waals surface area contributed by atoms with Crippen LogP contribution in [0.1, 0.15) is 28.8 Å². The summed E-state index contributed by atoms with van der Waals surface area (Å²) in [5, 5.41) is 8.80. The van der Waals surface area contributed by atoms with Crippen molar-refractivity contribution >= 4 is 23.3 Å². The second kappa shape index (κ2) is 8.68. The molecule has 6 nitrogen and oxygen atoms in total. The van der Waals surface area contributed by atoms with Crippen LogP contribution >= 0.6 is 0 Å². The summed E-state index contributed by atoms with van der Waals surface area (Å²) >= 11 is 0. The fourth-order valence-electron chi connectivity index (χ4n) is 3.41. The Morgan fingerprint density at radius 3 is 2.63 bits per heavy atom. The molecular weight excluding hydrogens is 340 g/mol. The van der Waals surface area contributed by atoms with Crippen molar-refractivity contribution in [2.24, 2.45) is 0 Å². The van der Waals surface area contributed by atoms with Gasteiger partial charge in [-0.1, -0.05) is 24.3 Å². The lowest BCUT2D eigenvalue weighted by Gasteiger charge is -2.25. The van der Waals surface area contributed by atoms with Crippen molar-refractivity contribution in [2.45, 2.75) is 25.8 Å². The van der Waals surface area contributed by atoms with E-state index in [-0.39, 0.29) is 18.0 Å². The summed E-state index contributed by atoms with van der Waals surface area (Å²) in [5.74, 6) is 0.0132. The SMILES string of the molecule is CNCC1CCCN1C(=O)c1ccc(C)c(NC(=O)Nc2ccccc2)c1. The molecule has 1 aliphatic heterocycles. The van der Waals surface area contributed by atoms with E-state index in [2.05, 4.69) is 16.0 Å². The van der Waals surface area contributed by atoms with Gasteiger partial charge in [-0.15, -0.1) is 0 Å². The highest BCUT2D eigenvalue weighted by Crippen LogP contribution is 2.23. The van der Waals surface area contributed by atoms with Gasteiger partial charge in [-0.3, -0.25) is 4.79 Å². The maximum absolute atomic E-state index is 12.9. The first-order valence-electron chi connectivity index (χ1n) is 9.28. The number of nitrogens with zero attached hydrogens (tertiary/aromatic N) is 1. The van der Waals surface area contributed by atoms with E-state index in [0.29, 0.717) is 16.9 Å². The van der Waals surface area contributed by atoms with Gasteiger partial charge >= 0.3 is 6.03 Å². The minimum atomic E-state index is -0.330. The second-order valence-electron chi connectivity index (χ2n) is 6.83. The minimum absolute atomic E-state index is 0.0132. The van der Waals surface area contributed by atoms with Crippen molar-refractivity contribution in [3.63, 3.8) is 0 Å². The Hall–Kier alpha value is -2.86. The van der Waals surface area contributed by atoms with E-state index in [9.17, 15) is 9.59 Å². The van der Waals surface area contributed by atoms with Gasteiger partial charge in [-0.2, -0.15) is 0 Å². The number of carbonyl (C=O) groups is 2. The van der Waals surface area contributed by atoms with Gasteiger partial charge in [0.2, 0.25) is 0 Å². The van der Waals surface area contributed by atoms with Crippen LogP contribution in [0.25, 0.3) is 0 Å². The number of nitrogens with one attached hydrogen (secondary N) is 3.